The zero-order valence-electron chi connectivity index (χ0n) is 57.8. The molecule has 89 heavy (non-hydrogen) atoms. The molecule has 0 fully saturated rings. The van der Waals surface area contributed by atoms with Gasteiger partial charge in [-0.1, -0.05) is 110 Å². The van der Waals surface area contributed by atoms with Crippen LogP contribution in [0.3, 0.4) is 0 Å². The summed E-state index contributed by atoms with van der Waals surface area (Å²) in [5.41, 5.74) is 37.2. The number of hydrogen-bond donors (Lipinski definition) is 0. The van der Waals surface area contributed by atoms with Gasteiger partial charge < -0.3 is 0 Å². The predicted molar refractivity (Wildman–Crippen MR) is 381 cm³/mol. The van der Waals surface area contributed by atoms with Gasteiger partial charge in [0, 0.05) is 92.3 Å². The standard InChI is InChI=1S/C23H28N.C22H26N.2C20H22N/c1-15(2)11-19-7-9-22-20(14-19)8-10-23(24(22)6)21-13-16(3)12-17(4)18(21)5;1-14(2)18-7-9-21-19(13-18)8-10-22(23(21)6)20-12-15(3)11-16(4)17(20)5;1-13-6-8-19-17(11-13)7-9-20(21(19)5)18-12-14(2)10-15(3)16(18)4;1-13-11-15(3)16(4)18(12-13)20-10-9-17-14(2)7-6-8-19(17)21(20)5/h7-10,12-15H,11H2,1-6H3;7-14H,1-6H3;2*6-12H,1-5H3/q4*+1. The molecular weight excluding hydrogens is 1080 g/mol. The minimum Gasteiger partial charge on any atom is -0.194 e. The van der Waals surface area contributed by atoms with Gasteiger partial charge in [0.05, 0.1) is 0 Å². The Kier molecular flexibility index (Phi) is 19.7. The molecular formula is C85H98N4+4. The average molecular weight is 1180 g/mol. The number of rotatable bonds is 7. The van der Waals surface area contributed by atoms with Crippen molar-refractivity contribution in [2.24, 2.45) is 34.1 Å². The quantitative estimate of drug-likeness (QED) is 0.141. The van der Waals surface area contributed by atoms with Gasteiger partial charge in [-0.25, -0.2) is 0 Å². The van der Waals surface area contributed by atoms with Crippen molar-refractivity contribution in [1.29, 1.82) is 0 Å². The molecule has 4 nitrogen and oxygen atoms in total. The molecule has 0 saturated heterocycles. The predicted octanol–water partition coefficient (Wildman–Crippen LogP) is 20.0. The van der Waals surface area contributed by atoms with Crippen LogP contribution in [0.2, 0.25) is 0 Å². The molecule has 0 aliphatic carbocycles. The molecule has 454 valence electrons. The highest BCUT2D eigenvalue weighted by Gasteiger charge is 2.22. The van der Waals surface area contributed by atoms with Crippen LogP contribution < -0.4 is 18.3 Å². The molecule has 4 aromatic heterocycles. The van der Waals surface area contributed by atoms with E-state index in [2.05, 4.69) is 341 Å². The molecule has 0 aliphatic rings. The zero-order valence-corrected chi connectivity index (χ0v) is 57.8. The second kappa shape index (κ2) is 27.0. The van der Waals surface area contributed by atoms with Crippen LogP contribution in [0.5, 0.6) is 0 Å². The molecule has 0 spiro atoms. The van der Waals surface area contributed by atoms with Crippen molar-refractivity contribution < 1.29 is 18.3 Å². The topological polar surface area (TPSA) is 15.5 Å². The molecule has 4 heteroatoms. The summed E-state index contributed by atoms with van der Waals surface area (Å²) in [6.45, 7) is 39.7. The summed E-state index contributed by atoms with van der Waals surface area (Å²) < 4.78 is 9.26. The molecule has 12 aromatic rings. The van der Waals surface area contributed by atoms with Crippen LogP contribution in [-0.4, -0.2) is 0 Å². The lowest BCUT2D eigenvalue weighted by Gasteiger charge is -2.11. The van der Waals surface area contributed by atoms with Gasteiger partial charge in [0.25, 0.3) is 0 Å². The van der Waals surface area contributed by atoms with E-state index in [1.807, 2.05) is 0 Å². The van der Waals surface area contributed by atoms with Crippen molar-refractivity contribution in [3.63, 3.8) is 0 Å². The SMILES string of the molecule is Cc1cc(C)c(C)c(-c2ccc3c(C)cccc3[n+]2C)c1.Cc1cc(C)c(C)c(-c2ccc3cc(C(C)C)ccc3[n+]2C)c1.Cc1cc(C)c(C)c(-c2ccc3cc(C)ccc3[n+]2C)c1.Cc1cc(C)c(C)c(-c2ccc3cc(CC(C)C)ccc3[n+]2C)c1. The van der Waals surface area contributed by atoms with Gasteiger partial charge in [-0.05, 0) is 243 Å². The highest BCUT2D eigenvalue weighted by atomic mass is 15.0. The minimum atomic E-state index is 0.561. The number of aromatic nitrogens is 4. The van der Waals surface area contributed by atoms with Crippen molar-refractivity contribution in [2.75, 3.05) is 0 Å². The molecule has 0 aliphatic heterocycles. The summed E-state index contributed by atoms with van der Waals surface area (Å²) in [4.78, 5) is 0. The van der Waals surface area contributed by atoms with Crippen LogP contribution in [0.4, 0.5) is 0 Å². The van der Waals surface area contributed by atoms with Crippen molar-refractivity contribution in [2.45, 2.75) is 137 Å². The molecule has 4 heterocycles. The van der Waals surface area contributed by atoms with Crippen LogP contribution >= 0.6 is 0 Å². The van der Waals surface area contributed by atoms with E-state index >= 15 is 0 Å². The lowest BCUT2D eigenvalue weighted by atomic mass is 9.96. The molecule has 0 amide bonds. The second-order valence-corrected chi connectivity index (χ2v) is 26.7. The van der Waals surface area contributed by atoms with Crippen LogP contribution in [-0.2, 0) is 34.6 Å². The Balaban J connectivity index is 0.000000141. The van der Waals surface area contributed by atoms with Gasteiger partial charge in [-0.15, -0.1) is 0 Å². The summed E-state index contributed by atoms with van der Waals surface area (Å²) in [5, 5.41) is 5.25. The number of fused-ring (bicyclic) bond motifs is 4. The lowest BCUT2D eigenvalue weighted by molar-refractivity contribution is -0.633. The summed E-state index contributed by atoms with van der Waals surface area (Å²) in [7, 11) is 8.67. The van der Waals surface area contributed by atoms with Crippen LogP contribution in [0, 0.1) is 103 Å². The maximum atomic E-state index is 2.34. The summed E-state index contributed by atoms with van der Waals surface area (Å²) >= 11 is 0. The van der Waals surface area contributed by atoms with Gasteiger partial charge >= 0.3 is 0 Å². The van der Waals surface area contributed by atoms with E-state index < -0.39 is 0 Å². The van der Waals surface area contributed by atoms with Crippen LogP contribution in [0.25, 0.3) is 88.6 Å². The monoisotopic (exact) mass is 1170 g/mol. The smallest absolute Gasteiger partial charge is 0.194 e. The maximum absolute atomic E-state index is 2.34. The molecule has 0 bridgehead atoms. The van der Waals surface area contributed by atoms with E-state index in [0.29, 0.717) is 11.8 Å². The van der Waals surface area contributed by atoms with Gasteiger partial charge in [0.15, 0.2) is 0 Å². The first-order chi connectivity index (χ1) is 42.2. The van der Waals surface area contributed by atoms with E-state index in [-0.39, 0.29) is 0 Å². The van der Waals surface area contributed by atoms with Gasteiger partial charge in [-0.2, -0.15) is 18.3 Å². The highest BCUT2D eigenvalue weighted by molar-refractivity contribution is 5.83. The first kappa shape index (κ1) is 64.9. The third-order valence-electron chi connectivity index (χ3n) is 18.8. The number of hydrogen-bond acceptors (Lipinski definition) is 0. The van der Waals surface area contributed by atoms with Crippen molar-refractivity contribution in [3.8, 4) is 45.0 Å². The second-order valence-electron chi connectivity index (χ2n) is 26.7. The number of benzene rings is 8. The number of nitrogens with zero attached hydrogens (tertiary/aromatic N) is 4. The van der Waals surface area contributed by atoms with Gasteiger partial charge in [0.1, 0.15) is 28.2 Å². The average Bonchev–Trinajstić information content (AvgIpc) is 1.19. The number of pyridine rings is 4. The lowest BCUT2D eigenvalue weighted by Crippen LogP contribution is -2.32. The van der Waals surface area contributed by atoms with Gasteiger partial charge in [0.2, 0.25) is 44.8 Å². The Morgan fingerprint density at radius 3 is 1.06 bits per heavy atom. The van der Waals surface area contributed by atoms with Crippen LogP contribution in [0.1, 0.15) is 123 Å². The van der Waals surface area contributed by atoms with E-state index in [9.17, 15) is 0 Å². The first-order valence-corrected chi connectivity index (χ1v) is 32.2. The van der Waals surface area contributed by atoms with E-state index in [1.54, 1.807) is 0 Å². The molecule has 0 radical (unpaired) electrons. The van der Waals surface area contributed by atoms with E-state index in [1.165, 1.54) is 178 Å². The zero-order chi connectivity index (χ0) is 64.4. The fourth-order valence-electron chi connectivity index (χ4n) is 13.2. The molecule has 0 N–H and O–H groups in total. The van der Waals surface area contributed by atoms with Crippen molar-refractivity contribution >= 4 is 43.6 Å². The highest BCUT2D eigenvalue weighted by Crippen LogP contribution is 2.32. The fraction of sp³-hybridized carbons (Fsp3) is 0.294. The Hall–Kier alpha value is -8.60. The molecule has 0 atom stereocenters. The largest absolute Gasteiger partial charge is 0.213 e. The van der Waals surface area contributed by atoms with E-state index in [4.69, 9.17) is 0 Å². The normalized spacial score (nSPS) is 11.3. The summed E-state index contributed by atoms with van der Waals surface area (Å²) in [6, 6.07) is 63.1. The molecule has 8 aromatic carbocycles. The van der Waals surface area contributed by atoms with Gasteiger partial charge in [-0.3, -0.25) is 0 Å². The summed E-state index contributed by atoms with van der Waals surface area (Å²) in [6.07, 6.45) is 1.14. The third-order valence-corrected chi connectivity index (χ3v) is 18.8. The maximum Gasteiger partial charge on any atom is 0.213 e. The molecule has 12 rings (SSSR count). The Labute approximate surface area is 533 Å². The Morgan fingerprint density at radius 1 is 0.292 bits per heavy atom. The third kappa shape index (κ3) is 14.0. The minimum absolute atomic E-state index is 0.561. The van der Waals surface area contributed by atoms with E-state index in [0.717, 1.165) is 6.42 Å². The number of aryl methyl sites for hydroxylation is 14. The fourth-order valence-corrected chi connectivity index (χ4v) is 13.2. The molecule has 0 saturated carbocycles. The van der Waals surface area contributed by atoms with Crippen molar-refractivity contribution in [1.82, 2.24) is 0 Å². The first-order valence-electron chi connectivity index (χ1n) is 32.2. The van der Waals surface area contributed by atoms with Crippen molar-refractivity contribution in [3.05, 3.63) is 259 Å². The molecule has 0 unspecified atom stereocenters. The van der Waals surface area contributed by atoms with Crippen LogP contribution in [0.15, 0.2) is 170 Å². The Morgan fingerprint density at radius 2 is 0.652 bits per heavy atom. The Bertz CT molecular complexity index is 4670. The summed E-state index contributed by atoms with van der Waals surface area (Å²) in [5.74, 6) is 1.25.